The normalized spacial score (nSPS) is 18.8. The van der Waals surface area contributed by atoms with E-state index in [2.05, 4.69) is 26.3 Å². The lowest BCUT2D eigenvalue weighted by atomic mass is 10.0. The van der Waals surface area contributed by atoms with Crippen LogP contribution in [-0.2, 0) is 11.3 Å². The lowest BCUT2D eigenvalue weighted by Crippen LogP contribution is -2.50. The van der Waals surface area contributed by atoms with Gasteiger partial charge in [0.15, 0.2) is 5.65 Å². The molecule has 1 N–H and O–H groups in total. The van der Waals surface area contributed by atoms with Crippen LogP contribution < -0.4 is 10.2 Å². The zero-order chi connectivity index (χ0) is 26.1. The minimum atomic E-state index is 0.00269. The van der Waals surface area contributed by atoms with Crippen molar-refractivity contribution in [3.8, 4) is 6.07 Å². The van der Waals surface area contributed by atoms with E-state index in [4.69, 9.17) is 21.6 Å². The quantitative estimate of drug-likeness (QED) is 0.524. The van der Waals surface area contributed by atoms with Gasteiger partial charge in [-0.3, -0.25) is 9.69 Å². The molecular formula is C26H32ClN9O. The second-order valence-corrected chi connectivity index (χ2v) is 10.2. The third-order valence-electron chi connectivity index (χ3n) is 7.59. The molecule has 1 amide bonds. The average molecular weight is 522 g/mol. The summed E-state index contributed by atoms with van der Waals surface area (Å²) < 4.78 is 1.84. The summed E-state index contributed by atoms with van der Waals surface area (Å²) in [6.07, 6.45) is 5.47. The van der Waals surface area contributed by atoms with Gasteiger partial charge >= 0.3 is 0 Å². The number of nitrogens with zero attached hydrogens (tertiary/aromatic N) is 8. The molecule has 0 bridgehead atoms. The number of likely N-dealkylation sites (N-methyl/N-ethyl adjacent to an activating group) is 2. The van der Waals surface area contributed by atoms with Gasteiger partial charge in [0, 0.05) is 37.7 Å². The van der Waals surface area contributed by atoms with E-state index in [-0.39, 0.29) is 18.0 Å². The average Bonchev–Trinajstić information content (AvgIpc) is 3.54. The Morgan fingerprint density at radius 2 is 2.03 bits per heavy atom. The summed E-state index contributed by atoms with van der Waals surface area (Å²) in [4.78, 5) is 29.1. The number of benzene rings is 1. The Morgan fingerprint density at radius 1 is 1.24 bits per heavy atom. The minimum absolute atomic E-state index is 0.00269. The van der Waals surface area contributed by atoms with Crippen molar-refractivity contribution in [3.63, 3.8) is 0 Å². The molecular weight excluding hydrogens is 490 g/mol. The van der Waals surface area contributed by atoms with E-state index in [0.29, 0.717) is 34.6 Å². The van der Waals surface area contributed by atoms with Gasteiger partial charge in [0.2, 0.25) is 11.9 Å². The topological polar surface area (TPSA) is 106 Å². The summed E-state index contributed by atoms with van der Waals surface area (Å²) in [5.41, 5.74) is 1.80. The second-order valence-electron chi connectivity index (χ2n) is 9.80. The molecule has 1 unspecified atom stereocenters. The van der Waals surface area contributed by atoms with Crippen LogP contribution in [-0.4, -0.2) is 81.3 Å². The summed E-state index contributed by atoms with van der Waals surface area (Å²) in [6.45, 7) is 5.18. The van der Waals surface area contributed by atoms with E-state index in [0.717, 1.165) is 56.4 Å². The summed E-state index contributed by atoms with van der Waals surface area (Å²) in [5, 5.41) is 18.7. The Labute approximate surface area is 221 Å². The number of carbonyl (C=O) groups excluding carboxylic acids is 1. The summed E-state index contributed by atoms with van der Waals surface area (Å²) in [7, 11) is 3.98. The monoisotopic (exact) mass is 521 g/mol. The molecule has 4 heterocycles. The molecule has 2 saturated heterocycles. The van der Waals surface area contributed by atoms with Crippen LogP contribution in [0.25, 0.3) is 11.0 Å². The molecule has 0 spiro atoms. The van der Waals surface area contributed by atoms with Gasteiger partial charge in [-0.25, -0.2) is 4.68 Å². The first-order valence-corrected chi connectivity index (χ1v) is 13.2. The van der Waals surface area contributed by atoms with Crippen LogP contribution in [0.15, 0.2) is 24.4 Å². The summed E-state index contributed by atoms with van der Waals surface area (Å²) in [6, 6.07) is 7.54. The summed E-state index contributed by atoms with van der Waals surface area (Å²) in [5.74, 6) is 1.43. The Balaban J connectivity index is 1.37. The Morgan fingerprint density at radius 3 is 2.70 bits per heavy atom. The number of aryl methyl sites for hydroxylation is 1. The van der Waals surface area contributed by atoms with E-state index >= 15 is 0 Å². The van der Waals surface area contributed by atoms with Crippen LogP contribution in [0.1, 0.15) is 38.2 Å². The molecule has 0 aliphatic carbocycles. The van der Waals surface area contributed by atoms with Gasteiger partial charge in [-0.2, -0.15) is 20.3 Å². The summed E-state index contributed by atoms with van der Waals surface area (Å²) >= 11 is 6.09. The van der Waals surface area contributed by atoms with Gasteiger partial charge in [-0.05, 0) is 64.4 Å². The van der Waals surface area contributed by atoms with Crippen LogP contribution in [0.2, 0.25) is 5.02 Å². The van der Waals surface area contributed by atoms with Crippen molar-refractivity contribution in [2.75, 3.05) is 43.9 Å². The lowest BCUT2D eigenvalue weighted by Gasteiger charge is -2.38. The van der Waals surface area contributed by atoms with Crippen LogP contribution in [0.5, 0.6) is 0 Å². The van der Waals surface area contributed by atoms with Crippen molar-refractivity contribution >= 4 is 46.0 Å². The van der Waals surface area contributed by atoms with Gasteiger partial charge in [0.1, 0.15) is 11.9 Å². The zero-order valence-corrected chi connectivity index (χ0v) is 22.2. The molecule has 0 saturated carbocycles. The number of fused-ring (bicyclic) bond motifs is 1. The molecule has 2 aromatic heterocycles. The largest absolute Gasteiger partial charge is 0.341 e. The van der Waals surface area contributed by atoms with E-state index in [9.17, 15) is 10.1 Å². The maximum atomic E-state index is 13.1. The predicted octanol–water partition coefficient (Wildman–Crippen LogP) is 3.64. The van der Waals surface area contributed by atoms with Crippen molar-refractivity contribution in [2.24, 2.45) is 0 Å². The van der Waals surface area contributed by atoms with E-state index in [1.54, 1.807) is 24.4 Å². The molecule has 2 aliphatic rings. The van der Waals surface area contributed by atoms with E-state index in [1.165, 1.54) is 0 Å². The molecule has 37 heavy (non-hydrogen) atoms. The smallest absolute Gasteiger partial charge is 0.239 e. The maximum Gasteiger partial charge on any atom is 0.239 e. The SMILES string of the molecule is CCn1ncc2c(Nc3ccc(Cl)cc3C#N)nc(N3CCC(N(C)C(=O)C4CCCN4C)CC3)nc21. The zero-order valence-electron chi connectivity index (χ0n) is 21.5. The van der Waals surface area contributed by atoms with Crippen LogP contribution >= 0.6 is 11.6 Å². The predicted molar refractivity (Wildman–Crippen MR) is 144 cm³/mol. The molecule has 0 radical (unpaired) electrons. The van der Waals surface area contributed by atoms with E-state index in [1.807, 2.05) is 30.6 Å². The first-order valence-electron chi connectivity index (χ1n) is 12.8. The maximum absolute atomic E-state index is 13.1. The number of halogens is 1. The highest BCUT2D eigenvalue weighted by Gasteiger charge is 2.34. The van der Waals surface area contributed by atoms with Crippen molar-refractivity contribution in [2.45, 2.75) is 51.2 Å². The first-order chi connectivity index (χ1) is 17.9. The molecule has 10 nitrogen and oxygen atoms in total. The van der Waals surface area contributed by atoms with Crippen LogP contribution in [0, 0.1) is 11.3 Å². The number of aromatic nitrogens is 4. The highest BCUT2D eigenvalue weighted by Crippen LogP contribution is 2.30. The fourth-order valence-electron chi connectivity index (χ4n) is 5.35. The number of hydrogen-bond donors (Lipinski definition) is 1. The van der Waals surface area contributed by atoms with E-state index < -0.39 is 0 Å². The van der Waals surface area contributed by atoms with Crippen molar-refractivity contribution in [3.05, 3.63) is 35.0 Å². The molecule has 194 valence electrons. The fourth-order valence-corrected chi connectivity index (χ4v) is 5.52. The number of likely N-dealkylation sites (tertiary alicyclic amines) is 1. The number of amides is 1. The third-order valence-corrected chi connectivity index (χ3v) is 7.82. The fraction of sp³-hybridized carbons (Fsp3) is 0.500. The first kappa shape index (κ1) is 25.2. The minimum Gasteiger partial charge on any atom is -0.341 e. The second kappa shape index (κ2) is 10.5. The number of piperidine rings is 1. The van der Waals surface area contributed by atoms with Crippen LogP contribution in [0.4, 0.5) is 17.5 Å². The Bertz CT molecular complexity index is 1340. The van der Waals surface area contributed by atoms with Crippen molar-refractivity contribution < 1.29 is 4.79 Å². The molecule has 2 fully saturated rings. The number of carbonyl (C=O) groups is 1. The molecule has 1 atom stereocenters. The van der Waals surface area contributed by atoms with Gasteiger partial charge in [0.05, 0.1) is 28.9 Å². The number of nitrogens with one attached hydrogen (secondary N) is 1. The number of rotatable bonds is 6. The van der Waals surface area contributed by atoms with Gasteiger partial charge in [0.25, 0.3) is 0 Å². The highest BCUT2D eigenvalue weighted by molar-refractivity contribution is 6.30. The lowest BCUT2D eigenvalue weighted by molar-refractivity contribution is -0.136. The number of anilines is 3. The number of hydrogen-bond acceptors (Lipinski definition) is 8. The molecule has 5 rings (SSSR count). The van der Waals surface area contributed by atoms with Crippen LogP contribution in [0.3, 0.4) is 0 Å². The van der Waals surface area contributed by atoms with Gasteiger partial charge < -0.3 is 15.1 Å². The Hall–Kier alpha value is -3.42. The highest BCUT2D eigenvalue weighted by atomic mass is 35.5. The number of nitriles is 1. The standard InChI is InChI=1S/C26H32ClN9O/c1-4-36-24-20(16-29-36)23(30-21-8-7-18(27)14-17(21)15-28)31-26(32-24)35-12-9-19(10-13-35)34(3)25(37)22-6-5-11-33(22)2/h7-8,14,16,19,22H,4-6,9-13H2,1-3H3,(H,30,31,32). The molecule has 3 aromatic rings. The molecule has 2 aliphatic heterocycles. The van der Waals surface area contributed by atoms with Gasteiger partial charge in [-0.15, -0.1) is 0 Å². The third kappa shape index (κ3) is 4.93. The molecule has 1 aromatic carbocycles. The Kier molecular flexibility index (Phi) is 7.17. The van der Waals surface area contributed by atoms with Gasteiger partial charge in [-0.1, -0.05) is 11.6 Å². The van der Waals surface area contributed by atoms with Crippen molar-refractivity contribution in [1.82, 2.24) is 29.5 Å². The van der Waals surface area contributed by atoms with Crippen molar-refractivity contribution in [1.29, 1.82) is 5.26 Å². The molecule has 11 heteroatoms.